The number of hydrogen-bond donors (Lipinski definition) is 2. The summed E-state index contributed by atoms with van der Waals surface area (Å²) >= 11 is 1.71. The second-order valence-electron chi connectivity index (χ2n) is 5.38. The molecule has 2 heterocycles. The topological polar surface area (TPSA) is 75.3 Å². The minimum Gasteiger partial charge on any atom is -0.338 e. The fraction of sp³-hybridized carbons (Fsp3) is 0.643. The molecule has 0 saturated carbocycles. The summed E-state index contributed by atoms with van der Waals surface area (Å²) in [5, 5.41) is 5.66. The van der Waals surface area contributed by atoms with Gasteiger partial charge in [0.2, 0.25) is 0 Å². The molecule has 0 spiro atoms. The van der Waals surface area contributed by atoms with Gasteiger partial charge in [-0.15, -0.1) is 11.3 Å². The second kappa shape index (κ2) is 7.26. The van der Waals surface area contributed by atoms with Gasteiger partial charge in [-0.2, -0.15) is 0 Å². The maximum Gasteiger partial charge on any atom is 0.315 e. The fourth-order valence-electron chi connectivity index (χ4n) is 2.32. The van der Waals surface area contributed by atoms with Gasteiger partial charge in [0, 0.05) is 16.3 Å². The number of nitrogens with one attached hydrogen (secondary N) is 2. The summed E-state index contributed by atoms with van der Waals surface area (Å²) in [6, 6.07) is 3.94. The fourth-order valence-corrected chi connectivity index (χ4v) is 4.80. The highest BCUT2D eigenvalue weighted by Gasteiger charge is 2.23. The van der Waals surface area contributed by atoms with E-state index in [9.17, 15) is 13.2 Å². The molecule has 0 aliphatic carbocycles. The first-order valence-electron chi connectivity index (χ1n) is 7.28. The number of carbonyl (C=O) groups is 1. The summed E-state index contributed by atoms with van der Waals surface area (Å²) in [4.78, 5) is 14.2. The Labute approximate surface area is 130 Å². The van der Waals surface area contributed by atoms with Gasteiger partial charge in [0.15, 0.2) is 0 Å². The number of hydrogen-bond acceptors (Lipinski definition) is 4. The minimum atomic E-state index is -2.83. The molecule has 1 aromatic heterocycles. The molecule has 5 nitrogen and oxygen atoms in total. The van der Waals surface area contributed by atoms with E-state index in [2.05, 4.69) is 23.6 Å². The van der Waals surface area contributed by atoms with Gasteiger partial charge in [0.1, 0.15) is 9.84 Å². The molecule has 0 bridgehead atoms. The third-order valence-electron chi connectivity index (χ3n) is 3.71. The lowest BCUT2D eigenvalue weighted by Crippen LogP contribution is -2.39. The molecule has 0 atom stereocenters. The van der Waals surface area contributed by atoms with E-state index < -0.39 is 9.84 Å². The Balaban J connectivity index is 1.66. The lowest BCUT2D eigenvalue weighted by atomic mass is 10.0. The molecular weight excluding hydrogens is 308 g/mol. The number of aryl methyl sites for hydroxylation is 1. The largest absolute Gasteiger partial charge is 0.338 e. The average Bonchev–Trinajstić information content (AvgIpc) is 2.92. The maximum absolute atomic E-state index is 11.7. The molecule has 0 aromatic carbocycles. The lowest BCUT2D eigenvalue weighted by molar-refractivity contribution is 0.238. The van der Waals surface area contributed by atoms with Crippen LogP contribution < -0.4 is 10.6 Å². The summed E-state index contributed by atoms with van der Waals surface area (Å²) in [5.74, 6) is 0.763. The van der Waals surface area contributed by atoms with Crippen LogP contribution in [0.2, 0.25) is 0 Å². The molecule has 1 aliphatic rings. The van der Waals surface area contributed by atoms with E-state index in [1.54, 1.807) is 11.3 Å². The zero-order valence-electron chi connectivity index (χ0n) is 12.2. The van der Waals surface area contributed by atoms with Crippen LogP contribution in [0.3, 0.4) is 0 Å². The molecule has 1 aromatic rings. The third-order valence-corrected chi connectivity index (χ3v) is 6.66. The van der Waals surface area contributed by atoms with Crippen LogP contribution >= 0.6 is 11.3 Å². The molecule has 1 fully saturated rings. The zero-order chi connectivity index (χ0) is 15.3. The van der Waals surface area contributed by atoms with E-state index in [1.165, 1.54) is 4.88 Å². The van der Waals surface area contributed by atoms with Crippen LogP contribution in [0.5, 0.6) is 0 Å². The Morgan fingerprint density at radius 1 is 1.24 bits per heavy atom. The highest BCUT2D eigenvalue weighted by molar-refractivity contribution is 7.91. The molecule has 21 heavy (non-hydrogen) atoms. The predicted octanol–water partition coefficient (Wildman–Crippen LogP) is 1.93. The molecule has 2 rings (SSSR count). The molecule has 1 saturated heterocycles. The summed E-state index contributed by atoms with van der Waals surface area (Å²) in [6.45, 7) is 3.20. The normalized spacial score (nSPS) is 18.3. The SMILES string of the molecule is CCc1ccc(CNC(=O)NCC2CCS(=O)(=O)CC2)s1. The molecule has 1 aliphatic heterocycles. The molecule has 0 radical (unpaired) electrons. The maximum atomic E-state index is 11.7. The van der Waals surface area contributed by atoms with Crippen LogP contribution in [0.1, 0.15) is 29.5 Å². The predicted molar refractivity (Wildman–Crippen MR) is 85.3 cm³/mol. The first-order valence-corrected chi connectivity index (χ1v) is 9.92. The Hall–Kier alpha value is -1.08. The van der Waals surface area contributed by atoms with Crippen LogP contribution in [0, 0.1) is 5.92 Å². The van der Waals surface area contributed by atoms with Crippen molar-refractivity contribution in [1.82, 2.24) is 10.6 Å². The van der Waals surface area contributed by atoms with Gasteiger partial charge in [-0.25, -0.2) is 13.2 Å². The Morgan fingerprint density at radius 2 is 1.90 bits per heavy atom. The first kappa shape index (κ1) is 16.3. The molecule has 2 N–H and O–H groups in total. The van der Waals surface area contributed by atoms with Crippen molar-refractivity contribution in [3.8, 4) is 0 Å². The van der Waals surface area contributed by atoms with Crippen LogP contribution in [0.25, 0.3) is 0 Å². The average molecular weight is 330 g/mol. The minimum absolute atomic E-state index is 0.185. The van der Waals surface area contributed by atoms with Crippen molar-refractivity contribution in [3.63, 3.8) is 0 Å². The van der Waals surface area contributed by atoms with Gasteiger partial charge < -0.3 is 10.6 Å². The van der Waals surface area contributed by atoms with Gasteiger partial charge in [-0.3, -0.25) is 0 Å². The van der Waals surface area contributed by atoms with Gasteiger partial charge in [-0.05, 0) is 37.3 Å². The van der Waals surface area contributed by atoms with E-state index >= 15 is 0 Å². The number of urea groups is 1. The summed E-state index contributed by atoms with van der Waals surface area (Å²) in [5.41, 5.74) is 0. The Bertz CT molecular complexity index is 567. The van der Waals surface area contributed by atoms with Crippen molar-refractivity contribution in [2.24, 2.45) is 5.92 Å². The summed E-state index contributed by atoms with van der Waals surface area (Å²) < 4.78 is 22.6. The van der Waals surface area contributed by atoms with E-state index in [0.717, 1.165) is 11.3 Å². The third kappa shape index (κ3) is 5.32. The number of thiophene rings is 1. The van der Waals surface area contributed by atoms with Gasteiger partial charge in [0.05, 0.1) is 18.1 Å². The number of carbonyl (C=O) groups excluding carboxylic acids is 1. The standard InChI is InChI=1S/C14H22N2O3S2/c1-2-12-3-4-13(20-12)10-16-14(17)15-9-11-5-7-21(18,19)8-6-11/h3-4,11H,2,5-10H2,1H3,(H2,15,16,17). The van der Waals surface area contributed by atoms with E-state index in [4.69, 9.17) is 0 Å². The second-order valence-corrected chi connectivity index (χ2v) is 8.94. The number of amides is 2. The Kier molecular flexibility index (Phi) is 5.64. The van der Waals surface area contributed by atoms with Crippen molar-refractivity contribution in [2.75, 3.05) is 18.1 Å². The smallest absolute Gasteiger partial charge is 0.315 e. The number of rotatable bonds is 5. The van der Waals surface area contributed by atoms with E-state index in [-0.39, 0.29) is 23.5 Å². The van der Waals surface area contributed by atoms with Crippen molar-refractivity contribution < 1.29 is 13.2 Å². The number of sulfone groups is 1. The molecule has 0 unspecified atom stereocenters. The first-order chi connectivity index (χ1) is 9.98. The quantitative estimate of drug-likeness (QED) is 0.866. The van der Waals surface area contributed by atoms with Gasteiger partial charge in [-0.1, -0.05) is 6.92 Å². The Morgan fingerprint density at radius 3 is 2.52 bits per heavy atom. The van der Waals surface area contributed by atoms with Crippen molar-refractivity contribution >= 4 is 27.2 Å². The van der Waals surface area contributed by atoms with E-state index in [0.29, 0.717) is 25.9 Å². The molecule has 118 valence electrons. The van der Waals surface area contributed by atoms with Crippen molar-refractivity contribution in [1.29, 1.82) is 0 Å². The summed E-state index contributed by atoms with van der Waals surface area (Å²) in [7, 11) is -2.83. The zero-order valence-corrected chi connectivity index (χ0v) is 13.9. The van der Waals surface area contributed by atoms with E-state index in [1.807, 2.05) is 6.07 Å². The highest BCUT2D eigenvalue weighted by Crippen LogP contribution is 2.18. The monoisotopic (exact) mass is 330 g/mol. The van der Waals surface area contributed by atoms with Crippen LogP contribution in [0.15, 0.2) is 12.1 Å². The highest BCUT2D eigenvalue weighted by atomic mass is 32.2. The van der Waals surface area contributed by atoms with Crippen molar-refractivity contribution in [3.05, 3.63) is 21.9 Å². The molecule has 7 heteroatoms. The van der Waals surface area contributed by atoms with Crippen molar-refractivity contribution in [2.45, 2.75) is 32.7 Å². The van der Waals surface area contributed by atoms with Gasteiger partial charge in [0.25, 0.3) is 0 Å². The van der Waals surface area contributed by atoms with Crippen LogP contribution in [-0.4, -0.2) is 32.5 Å². The molecule has 2 amide bonds. The van der Waals surface area contributed by atoms with Gasteiger partial charge >= 0.3 is 6.03 Å². The molecular formula is C14H22N2O3S2. The summed E-state index contributed by atoms with van der Waals surface area (Å²) in [6.07, 6.45) is 2.31. The van der Waals surface area contributed by atoms with Crippen LogP contribution in [0.4, 0.5) is 4.79 Å². The lowest BCUT2D eigenvalue weighted by Gasteiger charge is -2.22. The van der Waals surface area contributed by atoms with Crippen LogP contribution in [-0.2, 0) is 22.8 Å².